The van der Waals surface area contributed by atoms with Gasteiger partial charge in [0, 0.05) is 12.2 Å². The van der Waals surface area contributed by atoms with Crippen LogP contribution < -0.4 is 5.32 Å². The zero-order valence-corrected chi connectivity index (χ0v) is 10.2. The van der Waals surface area contributed by atoms with Crippen LogP contribution in [-0.2, 0) is 6.54 Å². The largest absolute Gasteiger partial charge is 0.315 e. The van der Waals surface area contributed by atoms with Crippen molar-refractivity contribution in [3.05, 3.63) is 17.5 Å². The highest BCUT2D eigenvalue weighted by Crippen LogP contribution is 2.00. The zero-order valence-electron chi connectivity index (χ0n) is 10.2. The summed E-state index contributed by atoms with van der Waals surface area (Å²) in [6.07, 6.45) is 3.90. The van der Waals surface area contributed by atoms with Crippen molar-refractivity contribution < 1.29 is 0 Å². The molecule has 1 rings (SSSR count). The van der Waals surface area contributed by atoms with Crippen LogP contribution in [0.15, 0.2) is 6.07 Å². The minimum Gasteiger partial charge on any atom is -0.315 e. The van der Waals surface area contributed by atoms with E-state index in [1.54, 1.807) is 0 Å². The molecule has 1 heterocycles. The highest BCUT2D eigenvalue weighted by atomic mass is 15.3. The van der Waals surface area contributed by atoms with Gasteiger partial charge in [0.25, 0.3) is 0 Å². The fourth-order valence-corrected chi connectivity index (χ4v) is 1.71. The van der Waals surface area contributed by atoms with E-state index in [4.69, 9.17) is 0 Å². The fourth-order valence-electron chi connectivity index (χ4n) is 1.71. The summed E-state index contributed by atoms with van der Waals surface area (Å²) in [5, 5.41) is 7.87. The first kappa shape index (κ1) is 12.2. The molecule has 1 aromatic heterocycles. The van der Waals surface area contributed by atoms with Gasteiger partial charge in [-0.1, -0.05) is 19.8 Å². The molecule has 3 heteroatoms. The minimum atomic E-state index is 0.978. The van der Waals surface area contributed by atoms with Crippen LogP contribution >= 0.6 is 0 Å². The number of aromatic nitrogens is 2. The number of hydrogen-bond donors (Lipinski definition) is 1. The quantitative estimate of drug-likeness (QED) is 0.698. The van der Waals surface area contributed by atoms with E-state index in [0.717, 1.165) is 25.3 Å². The van der Waals surface area contributed by atoms with E-state index in [1.165, 1.54) is 25.0 Å². The Kier molecular flexibility index (Phi) is 5.40. The zero-order chi connectivity index (χ0) is 11.1. The second-order valence-corrected chi connectivity index (χ2v) is 4.11. The molecule has 0 bridgehead atoms. The Morgan fingerprint density at radius 2 is 2.07 bits per heavy atom. The van der Waals surface area contributed by atoms with E-state index >= 15 is 0 Å². The van der Waals surface area contributed by atoms with E-state index in [2.05, 4.69) is 35.0 Å². The van der Waals surface area contributed by atoms with Crippen LogP contribution in [0.2, 0.25) is 0 Å². The maximum atomic E-state index is 4.42. The van der Waals surface area contributed by atoms with Crippen LogP contribution in [0, 0.1) is 13.8 Å². The van der Waals surface area contributed by atoms with Gasteiger partial charge < -0.3 is 5.32 Å². The number of hydrogen-bond acceptors (Lipinski definition) is 2. The molecule has 0 fully saturated rings. The second kappa shape index (κ2) is 6.62. The van der Waals surface area contributed by atoms with Crippen LogP contribution in [0.1, 0.15) is 37.6 Å². The van der Waals surface area contributed by atoms with Gasteiger partial charge >= 0.3 is 0 Å². The number of rotatable bonds is 7. The van der Waals surface area contributed by atoms with Crippen molar-refractivity contribution in [1.82, 2.24) is 15.1 Å². The fraction of sp³-hybridized carbons (Fsp3) is 0.750. The van der Waals surface area contributed by atoms with Crippen molar-refractivity contribution in [2.24, 2.45) is 0 Å². The molecule has 0 radical (unpaired) electrons. The summed E-state index contributed by atoms with van der Waals surface area (Å²) < 4.78 is 2.07. The maximum absolute atomic E-state index is 4.42. The predicted molar refractivity (Wildman–Crippen MR) is 64.1 cm³/mol. The van der Waals surface area contributed by atoms with Crippen molar-refractivity contribution in [2.75, 3.05) is 13.1 Å². The summed E-state index contributed by atoms with van der Waals surface area (Å²) >= 11 is 0. The summed E-state index contributed by atoms with van der Waals surface area (Å²) in [6.45, 7) is 9.51. The molecule has 1 aromatic rings. The lowest BCUT2D eigenvalue weighted by Crippen LogP contribution is -2.22. The van der Waals surface area contributed by atoms with Crippen LogP contribution in [0.5, 0.6) is 0 Å². The molecule has 0 saturated heterocycles. The van der Waals surface area contributed by atoms with Crippen molar-refractivity contribution in [3.63, 3.8) is 0 Å². The lowest BCUT2D eigenvalue weighted by Gasteiger charge is -2.06. The third-order valence-corrected chi connectivity index (χ3v) is 2.56. The molecule has 0 saturated carbocycles. The highest BCUT2D eigenvalue weighted by molar-refractivity contribution is 5.06. The lowest BCUT2D eigenvalue weighted by atomic mass is 10.2. The Labute approximate surface area is 92.9 Å². The first-order valence-corrected chi connectivity index (χ1v) is 5.96. The van der Waals surface area contributed by atoms with Gasteiger partial charge in [-0.15, -0.1) is 0 Å². The van der Waals surface area contributed by atoms with Crippen LogP contribution in [-0.4, -0.2) is 22.9 Å². The molecule has 0 amide bonds. The number of nitrogens with zero attached hydrogens (tertiary/aromatic N) is 2. The molecule has 0 aliphatic rings. The van der Waals surface area contributed by atoms with Gasteiger partial charge in [-0.25, -0.2) is 0 Å². The Bertz CT molecular complexity index is 278. The normalized spacial score (nSPS) is 10.9. The Morgan fingerprint density at radius 1 is 1.27 bits per heavy atom. The molecule has 1 N–H and O–H groups in total. The molecule has 0 aromatic carbocycles. The van der Waals surface area contributed by atoms with Gasteiger partial charge in [-0.05, 0) is 32.9 Å². The van der Waals surface area contributed by atoms with Gasteiger partial charge in [-0.2, -0.15) is 5.10 Å². The molecule has 86 valence electrons. The molecule has 3 nitrogen and oxygen atoms in total. The number of unbranched alkanes of at least 4 members (excludes halogenated alkanes) is 2. The maximum Gasteiger partial charge on any atom is 0.0596 e. The van der Waals surface area contributed by atoms with Gasteiger partial charge in [-0.3, -0.25) is 4.68 Å². The van der Waals surface area contributed by atoms with E-state index in [-0.39, 0.29) is 0 Å². The Morgan fingerprint density at radius 3 is 2.67 bits per heavy atom. The SMILES string of the molecule is CCCCCNCCn1nc(C)cc1C. The van der Waals surface area contributed by atoms with Crippen molar-refractivity contribution in [2.45, 2.75) is 46.6 Å². The molecular formula is C12H23N3. The van der Waals surface area contributed by atoms with E-state index in [0.29, 0.717) is 0 Å². The van der Waals surface area contributed by atoms with E-state index in [1.807, 2.05) is 6.92 Å². The van der Waals surface area contributed by atoms with E-state index < -0.39 is 0 Å². The topological polar surface area (TPSA) is 29.9 Å². The summed E-state index contributed by atoms with van der Waals surface area (Å²) in [7, 11) is 0. The summed E-state index contributed by atoms with van der Waals surface area (Å²) in [4.78, 5) is 0. The van der Waals surface area contributed by atoms with Gasteiger partial charge in [0.1, 0.15) is 0 Å². The Hall–Kier alpha value is -0.830. The lowest BCUT2D eigenvalue weighted by molar-refractivity contribution is 0.530. The van der Waals surface area contributed by atoms with E-state index in [9.17, 15) is 0 Å². The smallest absolute Gasteiger partial charge is 0.0596 e. The van der Waals surface area contributed by atoms with Crippen molar-refractivity contribution in [3.8, 4) is 0 Å². The predicted octanol–water partition coefficient (Wildman–Crippen LogP) is 2.28. The first-order valence-electron chi connectivity index (χ1n) is 5.96. The third kappa shape index (κ3) is 4.47. The monoisotopic (exact) mass is 209 g/mol. The first-order chi connectivity index (χ1) is 7.24. The van der Waals surface area contributed by atoms with Crippen LogP contribution in [0.3, 0.4) is 0 Å². The average molecular weight is 209 g/mol. The third-order valence-electron chi connectivity index (χ3n) is 2.56. The standard InChI is InChI=1S/C12H23N3/c1-4-5-6-7-13-8-9-15-12(3)10-11(2)14-15/h10,13H,4-9H2,1-3H3. The average Bonchev–Trinajstić information content (AvgIpc) is 2.51. The van der Waals surface area contributed by atoms with Crippen LogP contribution in [0.25, 0.3) is 0 Å². The summed E-state index contributed by atoms with van der Waals surface area (Å²) in [5.74, 6) is 0. The van der Waals surface area contributed by atoms with Crippen LogP contribution in [0.4, 0.5) is 0 Å². The molecule has 15 heavy (non-hydrogen) atoms. The highest BCUT2D eigenvalue weighted by Gasteiger charge is 1.99. The molecule has 0 aliphatic heterocycles. The number of nitrogens with one attached hydrogen (secondary N) is 1. The number of aryl methyl sites for hydroxylation is 2. The molecule has 0 spiro atoms. The van der Waals surface area contributed by atoms with Gasteiger partial charge in [0.2, 0.25) is 0 Å². The molecule has 0 atom stereocenters. The Balaban J connectivity index is 2.12. The van der Waals surface area contributed by atoms with Crippen molar-refractivity contribution in [1.29, 1.82) is 0 Å². The summed E-state index contributed by atoms with van der Waals surface area (Å²) in [6, 6.07) is 2.12. The molecule has 0 aliphatic carbocycles. The second-order valence-electron chi connectivity index (χ2n) is 4.11. The van der Waals surface area contributed by atoms with Gasteiger partial charge in [0.05, 0.1) is 12.2 Å². The van der Waals surface area contributed by atoms with Gasteiger partial charge in [0.15, 0.2) is 0 Å². The molecule has 0 unspecified atom stereocenters. The van der Waals surface area contributed by atoms with Crippen molar-refractivity contribution >= 4 is 0 Å². The molecular weight excluding hydrogens is 186 g/mol. The minimum absolute atomic E-state index is 0.978. The summed E-state index contributed by atoms with van der Waals surface area (Å²) in [5.41, 5.74) is 2.36.